The summed E-state index contributed by atoms with van der Waals surface area (Å²) in [6.45, 7) is 8.39. The molecule has 1 aromatic rings. The van der Waals surface area contributed by atoms with Gasteiger partial charge in [-0.3, -0.25) is 0 Å². The highest BCUT2D eigenvalue weighted by molar-refractivity contribution is 7.99. The molecule has 2 nitrogen and oxygen atoms in total. The van der Waals surface area contributed by atoms with Gasteiger partial charge in [-0.2, -0.15) is 0 Å². The van der Waals surface area contributed by atoms with Crippen LogP contribution >= 0.6 is 23.4 Å². The van der Waals surface area contributed by atoms with Gasteiger partial charge in [0.15, 0.2) is 0 Å². The Hall–Kier alpha value is -0.280. The predicted molar refractivity (Wildman–Crippen MR) is 83.2 cm³/mol. The van der Waals surface area contributed by atoms with Crippen LogP contribution in [0.1, 0.15) is 57.8 Å². The lowest BCUT2D eigenvalue weighted by Gasteiger charge is -2.19. The minimum atomic E-state index is -0.0555. The SMILES string of the molecule is Cc1c(Cl)nc(C(C)(C)C)nc1SCC1CCCC1. The van der Waals surface area contributed by atoms with Gasteiger partial charge < -0.3 is 0 Å². The Morgan fingerprint density at radius 1 is 1.21 bits per heavy atom. The van der Waals surface area contributed by atoms with E-state index in [4.69, 9.17) is 16.6 Å². The second-order valence-corrected chi connectivity index (χ2v) is 7.85. The fourth-order valence-corrected chi connectivity index (χ4v) is 3.74. The van der Waals surface area contributed by atoms with E-state index in [2.05, 4.69) is 25.8 Å². The smallest absolute Gasteiger partial charge is 0.136 e. The Bertz CT molecular complexity index is 448. The maximum absolute atomic E-state index is 6.26. The van der Waals surface area contributed by atoms with E-state index in [-0.39, 0.29) is 5.41 Å². The summed E-state index contributed by atoms with van der Waals surface area (Å²) in [6, 6.07) is 0. The fourth-order valence-electron chi connectivity index (χ4n) is 2.32. The van der Waals surface area contributed by atoms with Crippen molar-refractivity contribution < 1.29 is 0 Å². The van der Waals surface area contributed by atoms with Gasteiger partial charge in [-0.25, -0.2) is 9.97 Å². The molecule has 1 fully saturated rings. The van der Waals surface area contributed by atoms with E-state index in [9.17, 15) is 0 Å². The van der Waals surface area contributed by atoms with E-state index in [0.29, 0.717) is 5.15 Å². The zero-order chi connectivity index (χ0) is 14.0. The molecule has 1 heterocycles. The van der Waals surface area contributed by atoms with Gasteiger partial charge >= 0.3 is 0 Å². The first kappa shape index (κ1) is 15.1. The number of halogens is 1. The molecule has 106 valence electrons. The monoisotopic (exact) mass is 298 g/mol. The Balaban J connectivity index is 2.16. The third kappa shape index (κ3) is 3.85. The maximum atomic E-state index is 6.26. The normalized spacial score (nSPS) is 17.1. The summed E-state index contributed by atoms with van der Waals surface area (Å²) in [4.78, 5) is 9.16. The van der Waals surface area contributed by atoms with E-state index in [1.165, 1.54) is 25.7 Å². The molecule has 19 heavy (non-hydrogen) atoms. The molecule has 0 amide bonds. The number of hydrogen-bond acceptors (Lipinski definition) is 3. The number of aromatic nitrogens is 2. The van der Waals surface area contributed by atoms with Crippen LogP contribution in [0.3, 0.4) is 0 Å². The van der Waals surface area contributed by atoms with Crippen LogP contribution in [0.15, 0.2) is 5.03 Å². The summed E-state index contributed by atoms with van der Waals surface area (Å²) in [5.41, 5.74) is 0.970. The quantitative estimate of drug-likeness (QED) is 0.579. The summed E-state index contributed by atoms with van der Waals surface area (Å²) in [5, 5.41) is 1.67. The predicted octanol–water partition coefficient (Wildman–Crippen LogP) is 5.02. The maximum Gasteiger partial charge on any atom is 0.136 e. The van der Waals surface area contributed by atoms with E-state index >= 15 is 0 Å². The molecule has 0 spiro atoms. The minimum Gasteiger partial charge on any atom is -0.226 e. The van der Waals surface area contributed by atoms with Gasteiger partial charge in [0.1, 0.15) is 16.0 Å². The molecule has 0 atom stereocenters. The number of rotatable bonds is 3. The average Bonchev–Trinajstić information content (AvgIpc) is 2.82. The van der Waals surface area contributed by atoms with Crippen LogP contribution in [0, 0.1) is 12.8 Å². The minimum absolute atomic E-state index is 0.0555. The first-order valence-electron chi connectivity index (χ1n) is 7.05. The number of hydrogen-bond donors (Lipinski definition) is 0. The Labute approximate surface area is 125 Å². The molecule has 4 heteroatoms. The van der Waals surface area contributed by atoms with Crippen molar-refractivity contribution in [1.29, 1.82) is 0 Å². The second-order valence-electron chi connectivity index (χ2n) is 6.48. The highest BCUT2D eigenvalue weighted by Gasteiger charge is 2.22. The van der Waals surface area contributed by atoms with Gasteiger partial charge in [-0.05, 0) is 25.7 Å². The van der Waals surface area contributed by atoms with Crippen molar-refractivity contribution in [3.63, 3.8) is 0 Å². The largest absolute Gasteiger partial charge is 0.226 e. The van der Waals surface area contributed by atoms with Crippen molar-refractivity contribution in [2.75, 3.05) is 5.75 Å². The Morgan fingerprint density at radius 2 is 1.84 bits per heavy atom. The van der Waals surface area contributed by atoms with Gasteiger partial charge in [-0.15, -0.1) is 11.8 Å². The standard InChI is InChI=1S/C15H23ClN2S/c1-10-12(16)17-14(15(2,3)4)18-13(10)19-9-11-7-5-6-8-11/h11H,5-9H2,1-4H3. The van der Waals surface area contributed by atoms with Crippen LogP contribution in [0.5, 0.6) is 0 Å². The molecule has 1 aromatic heterocycles. The Kier molecular flexibility index (Phi) is 4.78. The molecule has 1 saturated carbocycles. The van der Waals surface area contributed by atoms with Crippen molar-refractivity contribution in [3.8, 4) is 0 Å². The van der Waals surface area contributed by atoms with Gasteiger partial charge in [0.05, 0.1) is 0 Å². The summed E-state index contributed by atoms with van der Waals surface area (Å²) in [6.07, 6.45) is 5.53. The molecule has 0 radical (unpaired) electrons. The van der Waals surface area contributed by atoms with Gasteiger partial charge in [0.25, 0.3) is 0 Å². The molecule has 0 N–H and O–H groups in total. The molecular formula is C15H23ClN2S. The van der Waals surface area contributed by atoms with Crippen molar-refractivity contribution in [1.82, 2.24) is 9.97 Å². The third-order valence-electron chi connectivity index (χ3n) is 3.64. The lowest BCUT2D eigenvalue weighted by Crippen LogP contribution is -2.17. The summed E-state index contributed by atoms with van der Waals surface area (Å²) >= 11 is 8.11. The van der Waals surface area contributed by atoms with Crippen LogP contribution < -0.4 is 0 Å². The summed E-state index contributed by atoms with van der Waals surface area (Å²) < 4.78 is 0. The van der Waals surface area contributed by atoms with Crippen molar-refractivity contribution >= 4 is 23.4 Å². The topological polar surface area (TPSA) is 25.8 Å². The summed E-state index contributed by atoms with van der Waals surface area (Å²) in [7, 11) is 0. The molecule has 0 saturated heterocycles. The first-order chi connectivity index (χ1) is 8.88. The molecule has 1 aliphatic carbocycles. The van der Waals surface area contributed by atoms with E-state index in [1.807, 2.05) is 18.7 Å². The average molecular weight is 299 g/mol. The van der Waals surface area contributed by atoms with Crippen LogP contribution in [0.2, 0.25) is 5.15 Å². The van der Waals surface area contributed by atoms with Crippen LogP contribution in [-0.2, 0) is 5.41 Å². The molecule has 0 bridgehead atoms. The molecule has 1 aliphatic rings. The van der Waals surface area contributed by atoms with Gasteiger partial charge in [-0.1, -0.05) is 45.2 Å². The van der Waals surface area contributed by atoms with E-state index in [0.717, 1.165) is 28.1 Å². The van der Waals surface area contributed by atoms with Crippen molar-refractivity contribution in [2.24, 2.45) is 5.92 Å². The second kappa shape index (κ2) is 6.01. The lowest BCUT2D eigenvalue weighted by molar-refractivity contribution is 0.537. The van der Waals surface area contributed by atoms with Gasteiger partial charge in [0.2, 0.25) is 0 Å². The van der Waals surface area contributed by atoms with Crippen molar-refractivity contribution in [2.45, 2.75) is 63.8 Å². The lowest BCUT2D eigenvalue weighted by atomic mass is 9.96. The fraction of sp³-hybridized carbons (Fsp3) is 0.733. The molecular weight excluding hydrogens is 276 g/mol. The zero-order valence-corrected chi connectivity index (χ0v) is 13.9. The highest BCUT2D eigenvalue weighted by Crippen LogP contribution is 2.33. The number of nitrogens with zero attached hydrogens (tertiary/aromatic N) is 2. The van der Waals surface area contributed by atoms with Gasteiger partial charge in [0, 0.05) is 16.7 Å². The van der Waals surface area contributed by atoms with E-state index in [1.54, 1.807) is 0 Å². The highest BCUT2D eigenvalue weighted by atomic mass is 35.5. The third-order valence-corrected chi connectivity index (χ3v) is 5.32. The van der Waals surface area contributed by atoms with Crippen molar-refractivity contribution in [3.05, 3.63) is 16.5 Å². The molecule has 0 unspecified atom stereocenters. The molecule has 0 aromatic carbocycles. The molecule has 0 aliphatic heterocycles. The zero-order valence-electron chi connectivity index (χ0n) is 12.3. The van der Waals surface area contributed by atoms with Crippen LogP contribution in [0.4, 0.5) is 0 Å². The number of thioether (sulfide) groups is 1. The van der Waals surface area contributed by atoms with Crippen LogP contribution in [0.25, 0.3) is 0 Å². The molecule has 2 rings (SSSR count). The summed E-state index contributed by atoms with van der Waals surface area (Å²) in [5.74, 6) is 2.87. The first-order valence-corrected chi connectivity index (χ1v) is 8.41. The van der Waals surface area contributed by atoms with E-state index < -0.39 is 0 Å². The Morgan fingerprint density at radius 3 is 2.42 bits per heavy atom. The van der Waals surface area contributed by atoms with Crippen LogP contribution in [-0.4, -0.2) is 15.7 Å².